The molecule has 16 aliphatic carbocycles. The summed E-state index contributed by atoms with van der Waals surface area (Å²) >= 11 is 0. The number of hydrogen-bond donors (Lipinski definition) is 0. The van der Waals surface area contributed by atoms with Gasteiger partial charge in [-0.25, -0.2) is 4.39 Å². The lowest BCUT2D eigenvalue weighted by Gasteiger charge is -2.62. The maximum atomic E-state index is 14.9. The third-order valence-electron chi connectivity index (χ3n) is 25.2. The topological polar surface area (TPSA) is 21.7 Å². The van der Waals surface area contributed by atoms with E-state index < -0.39 is 0 Å². The lowest BCUT2D eigenvalue weighted by Crippen LogP contribution is -2.59. The van der Waals surface area contributed by atoms with Crippen molar-refractivity contribution in [3.05, 3.63) is 57.9 Å². The average Bonchev–Trinajstić information content (AvgIpc) is 4.07. The van der Waals surface area contributed by atoms with Crippen LogP contribution >= 0.6 is 0 Å². The van der Waals surface area contributed by atoms with E-state index in [2.05, 4.69) is 40.7 Å². The molecule has 0 bridgehead atoms. The first kappa shape index (κ1) is 31.4. The zero-order valence-corrected chi connectivity index (χ0v) is 33.9. The molecule has 1 aromatic rings. The molecule has 28 unspecified atom stereocenters. The first-order valence-electron chi connectivity index (χ1n) is 25.2. The van der Waals surface area contributed by atoms with Crippen molar-refractivity contribution in [2.24, 2.45) is 159 Å². The van der Waals surface area contributed by atoms with Gasteiger partial charge in [-0.05, 0) is 218 Å². The Morgan fingerprint density at radius 2 is 1.25 bits per heavy atom. The van der Waals surface area contributed by atoms with Gasteiger partial charge < -0.3 is 9.47 Å². The molecule has 1 aromatic carbocycles. The maximum Gasteiger partial charge on any atom is 0.123 e. The standard InChI is InChI=1S/C53H62FNO2/c1-2-56-9-10-57-8-7-55-19-30-29-17-26-15-23-13-24-12-21-11-22-14-25-16-27-18-53(30,52(55)20-3-5-28(54)6-4-20)51-37(27)42-36(25)41-32(22)31(21)39-35(24)40-33(23)34(26)43-38(29)50(51)49-47(42)45(41)44(39)46(40)48(43)49/h3-6,21-25,27,30-33,35-37,39-52H,2,7-19H2,1H3. The van der Waals surface area contributed by atoms with E-state index in [1.165, 1.54) is 31.4 Å². The minimum absolute atomic E-state index is 0.0668. The van der Waals surface area contributed by atoms with Gasteiger partial charge in [0, 0.05) is 43.0 Å². The van der Waals surface area contributed by atoms with Crippen molar-refractivity contribution < 1.29 is 13.9 Å². The summed E-state index contributed by atoms with van der Waals surface area (Å²) in [6.45, 7) is 7.22. The van der Waals surface area contributed by atoms with E-state index in [1.54, 1.807) is 32.1 Å². The molecule has 3 nitrogen and oxygen atoms in total. The second-order valence-corrected chi connectivity index (χ2v) is 25.0. The minimum atomic E-state index is -0.0668. The number of hydrogen-bond acceptors (Lipinski definition) is 3. The Morgan fingerprint density at radius 1 is 0.632 bits per heavy atom. The fraction of sp³-hybridized carbons (Fsp3) is 0.811. The van der Waals surface area contributed by atoms with E-state index >= 15 is 0 Å². The highest BCUT2D eigenvalue weighted by Gasteiger charge is 2.88. The molecule has 14 fully saturated rings. The molecule has 0 N–H and O–H groups in total. The van der Waals surface area contributed by atoms with E-state index in [1.807, 2.05) is 17.7 Å². The summed E-state index contributed by atoms with van der Waals surface area (Å²) in [6.07, 6.45) is 12.5. The second kappa shape index (κ2) is 9.75. The van der Waals surface area contributed by atoms with Gasteiger partial charge in [0.1, 0.15) is 5.82 Å². The lowest BCUT2D eigenvalue weighted by molar-refractivity contribution is -0.149. The summed E-state index contributed by atoms with van der Waals surface area (Å²) in [6, 6.07) is 8.57. The first-order valence-corrected chi connectivity index (χ1v) is 25.2. The van der Waals surface area contributed by atoms with Gasteiger partial charge in [-0.3, -0.25) is 4.90 Å². The van der Waals surface area contributed by atoms with Crippen LogP contribution in [-0.4, -0.2) is 44.4 Å². The highest BCUT2D eigenvalue weighted by Crippen LogP contribution is 2.93. The van der Waals surface area contributed by atoms with Crippen molar-refractivity contribution in [3.63, 3.8) is 0 Å². The Morgan fingerprint density at radius 3 is 2.02 bits per heavy atom. The van der Waals surface area contributed by atoms with Crippen LogP contribution in [-0.2, 0) is 9.47 Å². The third-order valence-corrected chi connectivity index (χ3v) is 25.2. The van der Waals surface area contributed by atoms with Gasteiger partial charge in [-0.1, -0.05) is 34.4 Å². The highest BCUT2D eigenvalue weighted by atomic mass is 19.1. The van der Waals surface area contributed by atoms with Crippen LogP contribution in [0.25, 0.3) is 0 Å². The van der Waals surface area contributed by atoms with Crippen LogP contribution in [0.5, 0.6) is 0 Å². The van der Waals surface area contributed by atoms with Crippen molar-refractivity contribution in [1.29, 1.82) is 0 Å². The van der Waals surface area contributed by atoms with Gasteiger partial charge in [0.15, 0.2) is 0 Å². The third kappa shape index (κ3) is 3.01. The zero-order valence-electron chi connectivity index (χ0n) is 33.9. The minimum Gasteiger partial charge on any atom is -0.379 e. The SMILES string of the molecule is CCOCCOCCN1CC2C3=C4C5C6=C(C3)CC3CC7CC8CC9CC%10CC%11CC2(C2C4C4C5C5C(C63)C7C3C8C9C6C%10C(C4C6C35)C%112)C1c1ccc(F)cc1. The van der Waals surface area contributed by atoms with Crippen LogP contribution in [0.3, 0.4) is 0 Å². The molecule has 1 saturated heterocycles. The predicted molar refractivity (Wildman–Crippen MR) is 212 cm³/mol. The molecule has 4 heteroatoms. The van der Waals surface area contributed by atoms with Crippen molar-refractivity contribution in [1.82, 2.24) is 4.90 Å². The molecule has 1 aliphatic heterocycles. The number of ether oxygens (including phenoxy) is 2. The van der Waals surface area contributed by atoms with E-state index in [-0.39, 0.29) is 5.82 Å². The number of nitrogens with zero attached hydrogens (tertiary/aromatic N) is 1. The molecule has 0 radical (unpaired) electrons. The van der Waals surface area contributed by atoms with Crippen LogP contribution < -0.4 is 0 Å². The molecule has 0 aromatic heterocycles. The Kier molecular flexibility index (Phi) is 5.37. The normalized spacial score (nSPS) is 64.6. The van der Waals surface area contributed by atoms with E-state index in [0.29, 0.717) is 30.6 Å². The Hall–Kier alpha value is -1.49. The zero-order chi connectivity index (χ0) is 36.3. The van der Waals surface area contributed by atoms with E-state index in [4.69, 9.17) is 9.47 Å². The van der Waals surface area contributed by atoms with Crippen LogP contribution in [0.1, 0.15) is 69.9 Å². The number of likely N-dealkylation sites (tertiary alicyclic amines) is 1. The van der Waals surface area contributed by atoms with E-state index in [9.17, 15) is 4.39 Å². The molecule has 0 amide bonds. The smallest absolute Gasteiger partial charge is 0.123 e. The fourth-order valence-corrected chi connectivity index (χ4v) is 26.4. The quantitative estimate of drug-likeness (QED) is 0.195. The molecule has 28 atom stereocenters. The fourth-order valence-electron chi connectivity index (χ4n) is 26.4. The molecule has 13 saturated carbocycles. The molecular formula is C53H62FNO2. The Bertz CT molecular complexity index is 2140. The van der Waals surface area contributed by atoms with Gasteiger partial charge in [0.05, 0.1) is 19.8 Å². The number of allylic oxidation sites excluding steroid dienone is 3. The van der Waals surface area contributed by atoms with Gasteiger partial charge in [-0.15, -0.1) is 0 Å². The average molecular weight is 764 g/mol. The first-order chi connectivity index (χ1) is 28.2. The van der Waals surface area contributed by atoms with Crippen LogP contribution in [0.2, 0.25) is 0 Å². The summed E-state index contributed by atoms with van der Waals surface area (Å²) in [4.78, 5) is 2.97. The van der Waals surface area contributed by atoms with Gasteiger partial charge in [0.2, 0.25) is 0 Å². The molecule has 18 rings (SSSR count). The molecule has 1 heterocycles. The summed E-state index contributed by atoms with van der Waals surface area (Å²) in [5.74, 6) is 26.7. The monoisotopic (exact) mass is 763 g/mol. The maximum absolute atomic E-state index is 14.9. The summed E-state index contributed by atoms with van der Waals surface area (Å²) in [7, 11) is 0. The molecular weight excluding hydrogens is 702 g/mol. The molecule has 17 aliphatic rings. The Labute approximate surface area is 338 Å². The van der Waals surface area contributed by atoms with Gasteiger partial charge in [-0.2, -0.15) is 0 Å². The van der Waals surface area contributed by atoms with Crippen LogP contribution in [0, 0.1) is 165 Å². The summed E-state index contributed by atoms with van der Waals surface area (Å²) in [5, 5.41) is 0. The van der Waals surface area contributed by atoms with Crippen molar-refractivity contribution in [2.75, 3.05) is 39.5 Å². The van der Waals surface area contributed by atoms with Crippen LogP contribution in [0.15, 0.2) is 46.6 Å². The lowest BCUT2D eigenvalue weighted by atomic mass is 9.41. The number of rotatable bonds is 8. The van der Waals surface area contributed by atoms with Gasteiger partial charge in [0.25, 0.3) is 0 Å². The van der Waals surface area contributed by atoms with E-state index in [0.717, 1.165) is 168 Å². The summed E-state index contributed by atoms with van der Waals surface area (Å²) < 4.78 is 27.0. The molecule has 57 heavy (non-hydrogen) atoms. The summed E-state index contributed by atoms with van der Waals surface area (Å²) in [5.41, 5.74) is 10.2. The number of benzene rings is 1. The van der Waals surface area contributed by atoms with Crippen molar-refractivity contribution >= 4 is 0 Å². The predicted octanol–water partition coefficient (Wildman–Crippen LogP) is 9.17. The highest BCUT2D eigenvalue weighted by molar-refractivity contribution is 5.56. The number of fused-ring (bicyclic) bond motifs is 1. The largest absolute Gasteiger partial charge is 0.379 e. The molecule has 298 valence electrons. The van der Waals surface area contributed by atoms with Crippen LogP contribution in [0.4, 0.5) is 4.39 Å². The van der Waals surface area contributed by atoms with Crippen molar-refractivity contribution in [2.45, 2.75) is 64.3 Å². The van der Waals surface area contributed by atoms with Crippen molar-refractivity contribution in [3.8, 4) is 0 Å². The Balaban J connectivity index is 0.891. The van der Waals surface area contributed by atoms with Gasteiger partial charge >= 0.3 is 0 Å². The number of halogens is 1. The molecule has 1 spiro atoms. The second-order valence-electron chi connectivity index (χ2n) is 25.0.